The molecule has 1 aromatic rings. The van der Waals surface area contributed by atoms with Gasteiger partial charge < -0.3 is 20.0 Å². The molecule has 0 spiro atoms. The van der Waals surface area contributed by atoms with Crippen molar-refractivity contribution in [1.29, 1.82) is 0 Å². The van der Waals surface area contributed by atoms with Crippen molar-refractivity contribution >= 4 is 11.9 Å². The van der Waals surface area contributed by atoms with E-state index in [1.54, 1.807) is 4.90 Å². The summed E-state index contributed by atoms with van der Waals surface area (Å²) in [4.78, 5) is 40.0. The Labute approximate surface area is 103 Å². The van der Waals surface area contributed by atoms with Crippen LogP contribution in [0.15, 0.2) is 11.0 Å². The van der Waals surface area contributed by atoms with Gasteiger partial charge in [0.25, 0.3) is 5.91 Å². The fraction of sp³-hybridized carbons (Fsp3) is 0.545. The Balaban J connectivity index is 2.02. The second kappa shape index (κ2) is 5.07. The van der Waals surface area contributed by atoms with E-state index in [-0.39, 0.29) is 23.9 Å². The lowest BCUT2D eigenvalue weighted by molar-refractivity contribution is -0.138. The minimum absolute atomic E-state index is 0.00846. The summed E-state index contributed by atoms with van der Waals surface area (Å²) in [5.41, 5.74) is -0.201. The third kappa shape index (κ3) is 2.79. The number of nitrogens with one attached hydrogen (secondary N) is 2. The van der Waals surface area contributed by atoms with Crippen LogP contribution >= 0.6 is 0 Å². The lowest BCUT2D eigenvalue weighted by Gasteiger charge is -2.31. The van der Waals surface area contributed by atoms with Crippen molar-refractivity contribution in [2.24, 2.45) is 5.92 Å². The molecule has 1 fully saturated rings. The average molecular weight is 253 g/mol. The predicted molar refractivity (Wildman–Crippen MR) is 62.3 cm³/mol. The van der Waals surface area contributed by atoms with E-state index in [1.807, 2.05) is 0 Å². The molecule has 2 rings (SSSR count). The maximum absolute atomic E-state index is 12.0. The highest BCUT2D eigenvalue weighted by Gasteiger charge is 2.26. The van der Waals surface area contributed by atoms with Crippen LogP contribution in [-0.2, 0) is 4.79 Å². The van der Waals surface area contributed by atoms with Gasteiger partial charge in [-0.1, -0.05) is 0 Å². The number of aliphatic carboxylic acids is 1. The molecule has 7 heteroatoms. The van der Waals surface area contributed by atoms with E-state index in [1.165, 1.54) is 6.20 Å². The number of imidazole rings is 1. The monoisotopic (exact) mass is 253 g/mol. The van der Waals surface area contributed by atoms with Gasteiger partial charge in [-0.2, -0.15) is 0 Å². The van der Waals surface area contributed by atoms with Crippen molar-refractivity contribution in [3.63, 3.8) is 0 Å². The Morgan fingerprint density at radius 3 is 2.89 bits per heavy atom. The molecule has 18 heavy (non-hydrogen) atoms. The van der Waals surface area contributed by atoms with E-state index in [2.05, 4.69) is 9.97 Å². The van der Waals surface area contributed by atoms with E-state index in [0.29, 0.717) is 13.1 Å². The third-order valence-electron chi connectivity index (χ3n) is 3.10. The highest BCUT2D eigenvalue weighted by atomic mass is 16.4. The third-order valence-corrected chi connectivity index (χ3v) is 3.10. The fourth-order valence-corrected chi connectivity index (χ4v) is 2.28. The van der Waals surface area contributed by atoms with Gasteiger partial charge in [-0.15, -0.1) is 0 Å². The van der Waals surface area contributed by atoms with E-state index >= 15 is 0 Å². The minimum Gasteiger partial charge on any atom is -0.481 e. The lowest BCUT2D eigenvalue weighted by Crippen LogP contribution is -2.40. The van der Waals surface area contributed by atoms with Crippen molar-refractivity contribution < 1.29 is 14.7 Å². The van der Waals surface area contributed by atoms with Crippen LogP contribution in [0.2, 0.25) is 0 Å². The lowest BCUT2D eigenvalue weighted by atomic mass is 9.95. The summed E-state index contributed by atoms with van der Waals surface area (Å²) in [5, 5.41) is 8.76. The van der Waals surface area contributed by atoms with Gasteiger partial charge in [0.1, 0.15) is 5.69 Å². The van der Waals surface area contributed by atoms with Gasteiger partial charge in [0.2, 0.25) is 0 Å². The van der Waals surface area contributed by atoms with Gasteiger partial charge in [0.05, 0.1) is 0 Å². The molecule has 3 N–H and O–H groups in total. The zero-order valence-corrected chi connectivity index (χ0v) is 9.81. The summed E-state index contributed by atoms with van der Waals surface area (Å²) in [7, 11) is 0. The number of piperidine rings is 1. The molecule has 1 unspecified atom stereocenters. The Morgan fingerprint density at radius 1 is 1.50 bits per heavy atom. The number of carboxylic acid groups (broad SMARTS) is 1. The molecule has 98 valence electrons. The summed E-state index contributed by atoms with van der Waals surface area (Å²) < 4.78 is 0. The summed E-state index contributed by atoms with van der Waals surface area (Å²) >= 11 is 0. The molecule has 2 heterocycles. The number of hydrogen-bond acceptors (Lipinski definition) is 3. The van der Waals surface area contributed by atoms with Crippen LogP contribution < -0.4 is 5.69 Å². The molecular weight excluding hydrogens is 238 g/mol. The van der Waals surface area contributed by atoms with Gasteiger partial charge in [0, 0.05) is 25.7 Å². The number of carboxylic acids is 1. The molecule has 0 bridgehead atoms. The molecule has 0 radical (unpaired) electrons. The first-order valence-corrected chi connectivity index (χ1v) is 5.85. The second-order valence-corrected chi connectivity index (χ2v) is 4.51. The maximum Gasteiger partial charge on any atom is 0.323 e. The Morgan fingerprint density at radius 2 is 2.28 bits per heavy atom. The molecule has 0 saturated carbocycles. The zero-order valence-electron chi connectivity index (χ0n) is 9.81. The van der Waals surface area contributed by atoms with Crippen molar-refractivity contribution in [3.8, 4) is 0 Å². The van der Waals surface area contributed by atoms with Crippen LogP contribution in [0.1, 0.15) is 29.8 Å². The number of rotatable bonds is 3. The highest BCUT2D eigenvalue weighted by molar-refractivity contribution is 5.92. The Kier molecular flexibility index (Phi) is 3.50. The molecule has 0 aliphatic carbocycles. The van der Waals surface area contributed by atoms with Crippen LogP contribution in [0.3, 0.4) is 0 Å². The molecule has 1 aliphatic rings. The number of amides is 1. The van der Waals surface area contributed by atoms with E-state index in [0.717, 1.165) is 12.8 Å². The first kappa shape index (κ1) is 12.4. The van der Waals surface area contributed by atoms with E-state index < -0.39 is 11.7 Å². The minimum atomic E-state index is -0.843. The molecule has 1 saturated heterocycles. The number of carbonyl (C=O) groups excluding carboxylic acids is 1. The highest BCUT2D eigenvalue weighted by Crippen LogP contribution is 2.20. The van der Waals surface area contributed by atoms with Crippen LogP contribution in [0, 0.1) is 5.92 Å². The van der Waals surface area contributed by atoms with Crippen molar-refractivity contribution in [3.05, 3.63) is 22.4 Å². The molecular formula is C11H15N3O4. The number of nitrogens with zero attached hydrogens (tertiary/aromatic N) is 1. The molecule has 1 aliphatic heterocycles. The Hall–Kier alpha value is -2.05. The average Bonchev–Trinajstić information content (AvgIpc) is 2.74. The van der Waals surface area contributed by atoms with Gasteiger partial charge in [-0.25, -0.2) is 4.79 Å². The van der Waals surface area contributed by atoms with Crippen LogP contribution in [0.25, 0.3) is 0 Å². The molecule has 1 atom stereocenters. The number of H-pyrrole nitrogens is 2. The van der Waals surface area contributed by atoms with Gasteiger partial charge in [-0.05, 0) is 18.8 Å². The van der Waals surface area contributed by atoms with Crippen LogP contribution in [-0.4, -0.2) is 44.9 Å². The normalized spacial score (nSPS) is 19.8. The quantitative estimate of drug-likeness (QED) is 0.706. The summed E-state index contributed by atoms with van der Waals surface area (Å²) in [5.74, 6) is -1.11. The van der Waals surface area contributed by atoms with E-state index in [9.17, 15) is 14.4 Å². The van der Waals surface area contributed by atoms with Crippen LogP contribution in [0.4, 0.5) is 0 Å². The van der Waals surface area contributed by atoms with Crippen molar-refractivity contribution in [1.82, 2.24) is 14.9 Å². The maximum atomic E-state index is 12.0. The molecule has 7 nitrogen and oxygen atoms in total. The Bertz CT molecular complexity index is 504. The molecule has 1 aromatic heterocycles. The standard InChI is InChI=1S/C11H15N3O4/c15-9(16)4-7-2-1-3-14(6-7)10(17)8-5-12-11(18)13-8/h5,7H,1-4,6H2,(H,15,16)(H2,12,13,18). The zero-order chi connectivity index (χ0) is 13.1. The van der Waals surface area contributed by atoms with Gasteiger partial charge in [-0.3, -0.25) is 9.59 Å². The van der Waals surface area contributed by atoms with Gasteiger partial charge in [0.15, 0.2) is 0 Å². The first-order chi connectivity index (χ1) is 8.56. The van der Waals surface area contributed by atoms with Gasteiger partial charge >= 0.3 is 11.7 Å². The first-order valence-electron chi connectivity index (χ1n) is 5.85. The summed E-state index contributed by atoms with van der Waals surface area (Å²) in [6.07, 6.45) is 3.02. The predicted octanol–water partition coefficient (Wildman–Crippen LogP) is 0.0299. The van der Waals surface area contributed by atoms with Crippen molar-refractivity contribution in [2.45, 2.75) is 19.3 Å². The summed E-state index contributed by atoms with van der Waals surface area (Å²) in [6, 6.07) is 0. The SMILES string of the molecule is O=C(O)CC1CCCN(C(=O)c2c[nH]c(=O)[nH]2)C1. The number of hydrogen-bond donors (Lipinski definition) is 3. The number of carbonyl (C=O) groups is 2. The fourth-order valence-electron chi connectivity index (χ4n) is 2.28. The second-order valence-electron chi connectivity index (χ2n) is 4.51. The molecule has 1 amide bonds. The molecule has 0 aromatic carbocycles. The topological polar surface area (TPSA) is 106 Å². The number of likely N-dealkylation sites (tertiary alicyclic amines) is 1. The smallest absolute Gasteiger partial charge is 0.323 e. The number of aromatic nitrogens is 2. The van der Waals surface area contributed by atoms with Crippen molar-refractivity contribution in [2.75, 3.05) is 13.1 Å². The van der Waals surface area contributed by atoms with Crippen LogP contribution in [0.5, 0.6) is 0 Å². The largest absolute Gasteiger partial charge is 0.481 e. The number of aromatic amines is 2. The van der Waals surface area contributed by atoms with E-state index in [4.69, 9.17) is 5.11 Å². The summed E-state index contributed by atoms with van der Waals surface area (Å²) in [6.45, 7) is 1.03.